The van der Waals surface area contributed by atoms with Gasteiger partial charge in [0.2, 0.25) is 17.7 Å². The van der Waals surface area contributed by atoms with E-state index in [0.29, 0.717) is 97.4 Å². The van der Waals surface area contributed by atoms with Crippen molar-refractivity contribution in [2.45, 2.75) is 133 Å². The first-order chi connectivity index (χ1) is 35.3. The number of unbranched alkanes of at least 4 members (excludes halogenated alkanes) is 5. The van der Waals surface area contributed by atoms with Gasteiger partial charge in [-0.15, -0.1) is 5.10 Å². The fourth-order valence-electron chi connectivity index (χ4n) is 9.09. The van der Waals surface area contributed by atoms with E-state index in [-0.39, 0.29) is 52.3 Å². The molecule has 5 heterocycles. The lowest BCUT2D eigenvalue weighted by Gasteiger charge is -2.21. The molecule has 3 aromatic heterocycles. The molecule has 0 unspecified atom stereocenters. The number of benzene rings is 2. The van der Waals surface area contributed by atoms with Crippen LogP contribution in [0.25, 0.3) is 12.2 Å². The van der Waals surface area contributed by atoms with E-state index in [1.807, 2.05) is 37.9 Å². The van der Waals surface area contributed by atoms with Gasteiger partial charge < -0.3 is 41.0 Å². The van der Waals surface area contributed by atoms with Gasteiger partial charge in [0.25, 0.3) is 11.1 Å². The number of aryl methyl sites for hydroxylation is 1. The predicted molar refractivity (Wildman–Crippen MR) is 278 cm³/mol. The van der Waals surface area contributed by atoms with E-state index in [1.54, 1.807) is 53.2 Å². The molecule has 2 aromatic carbocycles. The third kappa shape index (κ3) is 16.2. The summed E-state index contributed by atoms with van der Waals surface area (Å²) in [6, 6.07) is 16.1. The maximum atomic E-state index is 13.2. The van der Waals surface area contributed by atoms with Crippen LogP contribution in [0.15, 0.2) is 81.2 Å². The molecule has 0 saturated carbocycles. The van der Waals surface area contributed by atoms with Gasteiger partial charge in [-0.05, 0) is 68.7 Å². The van der Waals surface area contributed by atoms with Crippen molar-refractivity contribution >= 4 is 53.4 Å². The molecular weight excluding hydrogens is 951 g/mol. The number of ketones is 1. The van der Waals surface area contributed by atoms with Gasteiger partial charge in [0.15, 0.2) is 12.2 Å². The number of hydrogen-bond donors (Lipinski definition) is 7. The van der Waals surface area contributed by atoms with Gasteiger partial charge in [0.1, 0.15) is 22.2 Å². The van der Waals surface area contributed by atoms with Crippen molar-refractivity contribution in [3.8, 4) is 0 Å². The van der Waals surface area contributed by atoms with E-state index in [1.165, 1.54) is 18.5 Å². The normalized spacial score (nSPS) is 16.7. The molecule has 3 atom stereocenters. The molecule has 0 aliphatic carbocycles. The van der Waals surface area contributed by atoms with Crippen molar-refractivity contribution in [3.05, 3.63) is 132 Å². The summed E-state index contributed by atoms with van der Waals surface area (Å²) in [4.78, 5) is 97.5. The number of urea groups is 1. The Bertz CT molecular complexity index is 2930. The molecule has 5 amide bonds. The second kappa shape index (κ2) is 26.6. The van der Waals surface area contributed by atoms with Crippen LogP contribution in [0.1, 0.15) is 136 Å². The van der Waals surface area contributed by atoms with Crippen molar-refractivity contribution in [2.24, 2.45) is 0 Å². The average Bonchev–Trinajstić information content (AvgIpc) is 4.19. The minimum atomic E-state index is -0.633. The van der Waals surface area contributed by atoms with Crippen molar-refractivity contribution in [1.82, 2.24) is 56.5 Å². The quantitative estimate of drug-likeness (QED) is 0.0215. The Morgan fingerprint density at radius 1 is 0.753 bits per heavy atom. The standard InChI is InChI=1S/C53H67N11O8S/c1-53(2,49-39(57-34-72-49)30-41-51(70)58-40(50(69)59-41)29-35-16-14-19-37(28-35)48(68)36-17-6-3-7-18-36)31-38-32-64(63-62-38)27-15-26-56-45(66)22-9-5-12-24-54-44(65)21-8-4-13-25-55-46(67)23-11-10-20-43-47-42(33-73-43)60-52(71)61-47/h3,6-7,14,16-19,28-30,32,34,42-43,47H,4-5,8-13,15,20-27,31,33H2,1-2H3,(H,54,65)(H,55,67)(H,56,66)(H,58,70)(H,59,69)(H2,60,61,71)/b40-29-,41-30-/t42-,43-,47-/m0/s1. The second-order valence-corrected chi connectivity index (χ2v) is 20.6. The molecule has 2 saturated heterocycles. The summed E-state index contributed by atoms with van der Waals surface area (Å²) in [5.41, 5.74) is 0.947. The van der Waals surface area contributed by atoms with E-state index >= 15 is 0 Å². The van der Waals surface area contributed by atoms with Gasteiger partial charge in [-0.2, -0.15) is 11.8 Å². The number of aromatic amines is 2. The van der Waals surface area contributed by atoms with Crippen LogP contribution >= 0.6 is 11.8 Å². The number of oxazole rings is 1. The lowest BCUT2D eigenvalue weighted by Crippen LogP contribution is -2.46. The number of fused-ring (bicyclic) bond motifs is 1. The Kier molecular flexibility index (Phi) is 19.5. The van der Waals surface area contributed by atoms with Gasteiger partial charge in [-0.1, -0.05) is 86.9 Å². The first-order valence-corrected chi connectivity index (χ1v) is 26.4. The summed E-state index contributed by atoms with van der Waals surface area (Å²) in [5.74, 6) is 1.35. The van der Waals surface area contributed by atoms with Crippen LogP contribution in [0.5, 0.6) is 0 Å². The highest BCUT2D eigenvalue weighted by atomic mass is 32.2. The number of nitrogens with zero attached hydrogens (tertiary/aromatic N) is 4. The Hall–Kier alpha value is -7.09. The maximum Gasteiger partial charge on any atom is 0.315 e. The molecule has 388 valence electrons. The first kappa shape index (κ1) is 53.7. The van der Waals surface area contributed by atoms with E-state index in [4.69, 9.17) is 4.42 Å². The topological polar surface area (TPSA) is 268 Å². The van der Waals surface area contributed by atoms with Crippen LogP contribution in [0.3, 0.4) is 0 Å². The Labute approximate surface area is 427 Å². The number of amides is 5. The fourth-order valence-corrected chi connectivity index (χ4v) is 10.6. The van der Waals surface area contributed by atoms with Gasteiger partial charge in [0, 0.05) is 85.6 Å². The molecule has 2 aliphatic rings. The fraction of sp³-hybridized carbons (Fsp3) is 0.472. The molecule has 5 aromatic rings. The molecule has 0 spiro atoms. The highest BCUT2D eigenvalue weighted by Crippen LogP contribution is 2.33. The summed E-state index contributed by atoms with van der Waals surface area (Å²) >= 11 is 1.89. The van der Waals surface area contributed by atoms with Gasteiger partial charge in [0.05, 0.1) is 17.8 Å². The van der Waals surface area contributed by atoms with Gasteiger partial charge in [-0.3, -0.25) is 33.4 Å². The smallest absolute Gasteiger partial charge is 0.315 e. The maximum absolute atomic E-state index is 13.2. The summed E-state index contributed by atoms with van der Waals surface area (Å²) in [6.45, 7) is 6.15. The summed E-state index contributed by atoms with van der Waals surface area (Å²) in [6.07, 6.45) is 16.2. The largest absolute Gasteiger partial charge is 0.447 e. The zero-order valence-corrected chi connectivity index (χ0v) is 42.5. The molecule has 7 rings (SSSR count). The third-order valence-electron chi connectivity index (χ3n) is 13.0. The minimum absolute atomic E-state index is 0.00332. The molecule has 7 N–H and O–H groups in total. The van der Waals surface area contributed by atoms with Crippen LogP contribution < -0.4 is 48.4 Å². The van der Waals surface area contributed by atoms with Crippen LogP contribution in [0.4, 0.5) is 4.79 Å². The molecular formula is C53H67N11O8S. The van der Waals surface area contributed by atoms with E-state index in [2.05, 4.69) is 51.8 Å². The molecule has 0 radical (unpaired) electrons. The van der Waals surface area contributed by atoms with Gasteiger partial charge in [-0.25, -0.2) is 9.78 Å². The number of carbonyl (C=O) groups excluding carboxylic acids is 5. The van der Waals surface area contributed by atoms with Crippen molar-refractivity contribution in [3.63, 3.8) is 0 Å². The molecule has 2 aliphatic heterocycles. The molecule has 0 bridgehead atoms. The third-order valence-corrected chi connectivity index (χ3v) is 14.5. The minimum Gasteiger partial charge on any atom is -0.447 e. The van der Waals surface area contributed by atoms with Crippen molar-refractivity contribution in [2.75, 3.05) is 25.4 Å². The van der Waals surface area contributed by atoms with Crippen molar-refractivity contribution < 1.29 is 28.4 Å². The SMILES string of the molecule is CC(C)(Cc1cn(CCCNC(=O)CCCCCNC(=O)CCCCCNC(=O)CCCC[C@@H]2SC[C@@H]3NC(=O)N[C@@H]32)nn1)c1ocnc1/C=c1\[nH]c(=O)/c(=C/c2cccc(C(=O)c3ccccc3)c2)[nH]c1=O. The number of thioether (sulfide) groups is 1. The number of carbonyl (C=O) groups is 5. The summed E-state index contributed by atoms with van der Waals surface area (Å²) < 4.78 is 7.55. The van der Waals surface area contributed by atoms with E-state index in [0.717, 1.165) is 63.5 Å². The monoisotopic (exact) mass is 1020 g/mol. The molecule has 19 nitrogen and oxygen atoms in total. The zero-order chi connectivity index (χ0) is 51.6. The number of nitrogens with one attached hydrogen (secondary N) is 7. The summed E-state index contributed by atoms with van der Waals surface area (Å²) in [7, 11) is 0. The summed E-state index contributed by atoms with van der Waals surface area (Å²) in [5, 5.41) is 23.9. The van der Waals surface area contributed by atoms with E-state index in [9.17, 15) is 33.6 Å². The molecule has 20 heteroatoms. The highest BCUT2D eigenvalue weighted by molar-refractivity contribution is 8.00. The van der Waals surface area contributed by atoms with Gasteiger partial charge >= 0.3 is 6.03 Å². The van der Waals surface area contributed by atoms with E-state index < -0.39 is 16.5 Å². The number of aromatic nitrogens is 6. The second-order valence-electron chi connectivity index (χ2n) is 19.3. The highest BCUT2D eigenvalue weighted by Gasteiger charge is 2.42. The average molecular weight is 1020 g/mol. The first-order valence-electron chi connectivity index (χ1n) is 25.4. The van der Waals surface area contributed by atoms with Crippen LogP contribution in [0, 0.1) is 0 Å². The molecule has 73 heavy (non-hydrogen) atoms. The van der Waals surface area contributed by atoms with Crippen LogP contribution in [-0.2, 0) is 32.8 Å². The Morgan fingerprint density at radius 3 is 2.07 bits per heavy atom. The number of rotatable bonds is 28. The number of hydrogen-bond acceptors (Lipinski definition) is 12. The lowest BCUT2D eigenvalue weighted by molar-refractivity contribution is -0.122. The Morgan fingerprint density at radius 2 is 1.38 bits per heavy atom. The lowest BCUT2D eigenvalue weighted by atomic mass is 9.84. The Balaban J connectivity index is 0.727. The predicted octanol–water partition coefficient (Wildman–Crippen LogP) is 3.64. The van der Waals surface area contributed by atoms with Crippen LogP contribution in [-0.4, -0.2) is 102 Å². The van der Waals surface area contributed by atoms with Crippen molar-refractivity contribution in [1.29, 1.82) is 0 Å². The zero-order valence-electron chi connectivity index (χ0n) is 41.6. The molecule has 2 fully saturated rings. The van der Waals surface area contributed by atoms with Crippen LogP contribution in [0.2, 0.25) is 0 Å². The number of H-pyrrole nitrogens is 2.